The van der Waals surface area contributed by atoms with Crippen LogP contribution in [0.5, 0.6) is 5.75 Å². The van der Waals surface area contributed by atoms with Crippen molar-refractivity contribution in [3.63, 3.8) is 0 Å². The number of aromatic nitrogens is 3. The number of nitrogens with zero attached hydrogens (tertiary/aromatic N) is 3. The summed E-state index contributed by atoms with van der Waals surface area (Å²) in [7, 11) is 2.93. The van der Waals surface area contributed by atoms with Crippen LogP contribution in [-0.2, 0) is 22.4 Å². The Balaban J connectivity index is 1.48. The molecule has 2 heterocycles. The van der Waals surface area contributed by atoms with E-state index in [9.17, 15) is 9.59 Å². The van der Waals surface area contributed by atoms with Gasteiger partial charge in [-0.2, -0.15) is 0 Å². The molecule has 1 atom stereocenters. The summed E-state index contributed by atoms with van der Waals surface area (Å²) in [5.74, 6) is 7.16. The first-order valence-electron chi connectivity index (χ1n) is 10.4. The zero-order valence-electron chi connectivity index (χ0n) is 18.6. The summed E-state index contributed by atoms with van der Waals surface area (Å²) in [6.07, 6.45) is 2.72. The van der Waals surface area contributed by atoms with E-state index in [0.29, 0.717) is 38.8 Å². The maximum absolute atomic E-state index is 12.7. The monoisotopic (exact) mass is 487 g/mol. The smallest absolute Gasteiger partial charge is 0.341 e. The Labute approximate surface area is 199 Å². The zero-order chi connectivity index (χ0) is 23.5. The highest BCUT2D eigenvalue weighted by Crippen LogP contribution is 2.40. The Hall–Kier alpha value is -3.05. The van der Waals surface area contributed by atoms with Gasteiger partial charge in [-0.25, -0.2) is 9.47 Å². The Morgan fingerprint density at radius 1 is 1.30 bits per heavy atom. The summed E-state index contributed by atoms with van der Waals surface area (Å²) in [5, 5.41) is 12.1. The lowest BCUT2D eigenvalue weighted by atomic mass is 9.88. The molecule has 9 nitrogen and oxygen atoms in total. The summed E-state index contributed by atoms with van der Waals surface area (Å²) in [6.45, 7) is 2.19. The van der Waals surface area contributed by atoms with E-state index in [-0.39, 0.29) is 11.7 Å². The summed E-state index contributed by atoms with van der Waals surface area (Å²) in [4.78, 5) is 26.3. The van der Waals surface area contributed by atoms with E-state index in [4.69, 9.17) is 15.3 Å². The first-order valence-corrected chi connectivity index (χ1v) is 12.2. The Morgan fingerprint density at radius 3 is 2.85 bits per heavy atom. The van der Waals surface area contributed by atoms with Crippen LogP contribution in [0, 0.1) is 5.92 Å². The zero-order valence-corrected chi connectivity index (χ0v) is 20.2. The van der Waals surface area contributed by atoms with Crippen molar-refractivity contribution in [3.8, 4) is 17.1 Å². The molecule has 1 aliphatic rings. The van der Waals surface area contributed by atoms with Crippen LogP contribution < -0.4 is 15.9 Å². The highest BCUT2D eigenvalue weighted by Gasteiger charge is 2.29. The number of anilines is 1. The maximum atomic E-state index is 12.7. The molecule has 3 N–H and O–H groups in total. The average Bonchev–Trinajstić information content (AvgIpc) is 3.36. The Morgan fingerprint density at radius 2 is 2.09 bits per heavy atom. The second kappa shape index (κ2) is 9.84. The van der Waals surface area contributed by atoms with E-state index >= 15 is 0 Å². The number of hydrogen-bond donors (Lipinski definition) is 2. The van der Waals surface area contributed by atoms with Gasteiger partial charge in [-0.1, -0.05) is 30.8 Å². The number of thiophene rings is 1. The number of thioether (sulfide) groups is 1. The van der Waals surface area contributed by atoms with Crippen molar-refractivity contribution in [1.29, 1.82) is 0 Å². The van der Waals surface area contributed by atoms with Crippen molar-refractivity contribution in [2.24, 2.45) is 5.92 Å². The molecule has 0 fully saturated rings. The third-order valence-electron chi connectivity index (χ3n) is 5.50. The van der Waals surface area contributed by atoms with Crippen molar-refractivity contribution in [3.05, 3.63) is 40.3 Å². The molecule has 1 aliphatic carbocycles. The van der Waals surface area contributed by atoms with Gasteiger partial charge in [-0.3, -0.25) is 4.79 Å². The fourth-order valence-electron chi connectivity index (χ4n) is 3.84. The fraction of sp³-hybridized carbons (Fsp3) is 0.364. The van der Waals surface area contributed by atoms with Gasteiger partial charge in [-0.05, 0) is 42.9 Å². The normalized spacial score (nSPS) is 15.1. The summed E-state index contributed by atoms with van der Waals surface area (Å²) in [6, 6.07) is 7.35. The SMILES string of the molecule is COC(=O)c1c(NC(=O)CSc2nnc(-c3ccccc3OC)n2N)sc2c1CCC(C)C2. The van der Waals surface area contributed by atoms with Crippen LogP contribution in [0.3, 0.4) is 0 Å². The summed E-state index contributed by atoms with van der Waals surface area (Å²) >= 11 is 2.61. The van der Waals surface area contributed by atoms with Crippen LogP contribution in [0.4, 0.5) is 5.00 Å². The van der Waals surface area contributed by atoms with Crippen LogP contribution in [-0.4, -0.2) is 46.7 Å². The number of carbonyl (C=O) groups excluding carboxylic acids is 2. The average molecular weight is 488 g/mol. The molecule has 33 heavy (non-hydrogen) atoms. The van der Waals surface area contributed by atoms with Gasteiger partial charge >= 0.3 is 5.97 Å². The molecule has 0 aliphatic heterocycles. The molecule has 0 spiro atoms. The van der Waals surface area contributed by atoms with E-state index in [1.165, 1.54) is 23.1 Å². The maximum Gasteiger partial charge on any atom is 0.341 e. The van der Waals surface area contributed by atoms with E-state index < -0.39 is 5.97 Å². The number of nitrogens with two attached hydrogens (primary N) is 1. The third kappa shape index (κ3) is 4.69. The summed E-state index contributed by atoms with van der Waals surface area (Å²) < 4.78 is 11.7. The largest absolute Gasteiger partial charge is 0.496 e. The Bertz CT molecular complexity index is 1190. The molecule has 174 valence electrons. The van der Waals surface area contributed by atoms with Gasteiger partial charge in [0, 0.05) is 4.88 Å². The number of nitrogen functional groups attached to an aromatic ring is 1. The lowest BCUT2D eigenvalue weighted by Gasteiger charge is -2.18. The molecule has 3 aromatic rings. The number of fused-ring (bicyclic) bond motifs is 1. The van der Waals surface area contributed by atoms with Crippen molar-refractivity contribution in [2.75, 3.05) is 31.1 Å². The molecular formula is C22H25N5O4S2. The van der Waals surface area contributed by atoms with Gasteiger partial charge in [-0.15, -0.1) is 21.5 Å². The predicted octanol–water partition coefficient (Wildman–Crippen LogP) is 3.37. The van der Waals surface area contributed by atoms with Gasteiger partial charge in [0.05, 0.1) is 31.1 Å². The van der Waals surface area contributed by atoms with E-state index in [1.807, 2.05) is 24.3 Å². The van der Waals surface area contributed by atoms with Crippen LogP contribution in [0.2, 0.25) is 0 Å². The summed E-state index contributed by atoms with van der Waals surface area (Å²) in [5.41, 5.74) is 2.17. The molecule has 0 saturated heterocycles. The number of amides is 1. The van der Waals surface area contributed by atoms with Crippen molar-refractivity contribution in [1.82, 2.24) is 14.9 Å². The molecule has 1 aromatic carbocycles. The number of nitrogens with one attached hydrogen (secondary N) is 1. The molecular weight excluding hydrogens is 462 g/mol. The number of carbonyl (C=O) groups is 2. The van der Waals surface area contributed by atoms with Crippen molar-refractivity contribution in [2.45, 2.75) is 31.3 Å². The van der Waals surface area contributed by atoms with E-state index in [2.05, 4.69) is 22.4 Å². The van der Waals surface area contributed by atoms with Crippen molar-refractivity contribution < 1.29 is 19.1 Å². The fourth-order valence-corrected chi connectivity index (χ4v) is 5.91. The second-order valence-electron chi connectivity index (χ2n) is 7.76. The van der Waals surface area contributed by atoms with Gasteiger partial charge in [0.1, 0.15) is 10.8 Å². The number of esters is 1. The van der Waals surface area contributed by atoms with E-state index in [1.54, 1.807) is 7.11 Å². The first-order chi connectivity index (χ1) is 15.9. The number of rotatable bonds is 7. The molecule has 2 aromatic heterocycles. The molecule has 11 heteroatoms. The van der Waals surface area contributed by atoms with Gasteiger partial charge in [0.15, 0.2) is 5.82 Å². The highest BCUT2D eigenvalue weighted by molar-refractivity contribution is 7.99. The topological polar surface area (TPSA) is 121 Å². The predicted molar refractivity (Wildman–Crippen MR) is 128 cm³/mol. The quantitative estimate of drug-likeness (QED) is 0.296. The first kappa shape index (κ1) is 23.1. The second-order valence-corrected chi connectivity index (χ2v) is 9.81. The number of methoxy groups -OCH3 is 2. The van der Waals surface area contributed by atoms with Crippen LogP contribution in [0.15, 0.2) is 29.4 Å². The number of para-hydroxylation sites is 1. The molecule has 0 bridgehead atoms. The molecule has 4 rings (SSSR count). The van der Waals surface area contributed by atoms with E-state index in [0.717, 1.165) is 41.5 Å². The Kier molecular flexibility index (Phi) is 6.89. The lowest BCUT2D eigenvalue weighted by molar-refractivity contribution is -0.113. The standard InChI is InChI=1S/C22H25N5O4S2/c1-12-8-9-14-16(10-12)33-20(18(14)21(29)31-3)24-17(28)11-32-22-26-25-19(27(22)23)13-6-4-5-7-15(13)30-2/h4-7,12H,8-11,23H2,1-3H3,(H,24,28). The van der Waals surface area contributed by atoms with Gasteiger partial charge < -0.3 is 20.6 Å². The number of ether oxygens (including phenoxy) is 2. The van der Waals surface area contributed by atoms with Crippen molar-refractivity contribution >= 4 is 40.0 Å². The minimum absolute atomic E-state index is 0.0564. The molecule has 1 unspecified atom stereocenters. The third-order valence-corrected chi connectivity index (χ3v) is 7.61. The molecule has 0 radical (unpaired) electrons. The van der Waals surface area contributed by atoms with Crippen LogP contribution in [0.1, 0.15) is 34.1 Å². The minimum Gasteiger partial charge on any atom is -0.496 e. The molecule has 0 saturated carbocycles. The highest BCUT2D eigenvalue weighted by atomic mass is 32.2. The van der Waals surface area contributed by atoms with Gasteiger partial charge in [0.2, 0.25) is 11.1 Å². The molecule has 1 amide bonds. The minimum atomic E-state index is -0.423. The number of benzene rings is 1. The number of hydrogen-bond acceptors (Lipinski definition) is 9. The van der Waals surface area contributed by atoms with Crippen LogP contribution >= 0.6 is 23.1 Å². The van der Waals surface area contributed by atoms with Crippen LogP contribution in [0.25, 0.3) is 11.4 Å². The lowest BCUT2D eigenvalue weighted by Crippen LogP contribution is -2.18. The van der Waals surface area contributed by atoms with Gasteiger partial charge in [0.25, 0.3) is 0 Å².